The molecule has 0 aromatic carbocycles. The number of aromatic nitrogens is 4. The molecule has 19 heavy (non-hydrogen) atoms. The quantitative estimate of drug-likeness (QED) is 0.819. The number of anilines is 1. The van der Waals surface area contributed by atoms with Crippen LogP contribution in [-0.2, 0) is 13.0 Å². The highest BCUT2D eigenvalue weighted by Gasteiger charge is 2.13. The second-order valence-corrected chi connectivity index (χ2v) is 4.83. The van der Waals surface area contributed by atoms with Crippen molar-refractivity contribution in [3.63, 3.8) is 0 Å². The molecule has 2 heterocycles. The van der Waals surface area contributed by atoms with E-state index in [0.29, 0.717) is 23.1 Å². The van der Waals surface area contributed by atoms with Gasteiger partial charge in [0.25, 0.3) is 0 Å². The molecular formula is C13H17N5O. The first kappa shape index (κ1) is 13.2. The Labute approximate surface area is 111 Å². The molecule has 100 valence electrons. The second-order valence-electron chi connectivity index (χ2n) is 4.83. The molecule has 0 atom stereocenters. The van der Waals surface area contributed by atoms with E-state index in [2.05, 4.69) is 28.9 Å². The van der Waals surface area contributed by atoms with Gasteiger partial charge in [-0.3, -0.25) is 9.78 Å². The summed E-state index contributed by atoms with van der Waals surface area (Å²) in [6.07, 6.45) is 3.15. The SMILES string of the molecule is CC(C)Cn1ncnc1CC(=O)c1ccc(N)cn1. The lowest BCUT2D eigenvalue weighted by atomic mass is 10.1. The van der Waals surface area contributed by atoms with E-state index in [9.17, 15) is 4.79 Å². The van der Waals surface area contributed by atoms with E-state index >= 15 is 0 Å². The maximum Gasteiger partial charge on any atom is 0.188 e. The molecule has 0 saturated carbocycles. The Balaban J connectivity index is 2.10. The summed E-state index contributed by atoms with van der Waals surface area (Å²) >= 11 is 0. The highest BCUT2D eigenvalue weighted by molar-refractivity contribution is 5.95. The fourth-order valence-corrected chi connectivity index (χ4v) is 1.73. The van der Waals surface area contributed by atoms with Gasteiger partial charge in [-0.15, -0.1) is 0 Å². The van der Waals surface area contributed by atoms with Crippen LogP contribution in [0.15, 0.2) is 24.7 Å². The molecule has 0 saturated heterocycles. The lowest BCUT2D eigenvalue weighted by Gasteiger charge is -2.07. The number of carbonyl (C=O) groups is 1. The van der Waals surface area contributed by atoms with Crippen molar-refractivity contribution in [3.8, 4) is 0 Å². The molecule has 2 aromatic rings. The Morgan fingerprint density at radius 1 is 1.37 bits per heavy atom. The molecule has 0 aliphatic rings. The van der Waals surface area contributed by atoms with Crippen molar-refractivity contribution in [2.45, 2.75) is 26.8 Å². The Morgan fingerprint density at radius 2 is 2.16 bits per heavy atom. The maximum absolute atomic E-state index is 12.1. The largest absolute Gasteiger partial charge is 0.397 e. The van der Waals surface area contributed by atoms with Gasteiger partial charge in [-0.05, 0) is 18.1 Å². The van der Waals surface area contributed by atoms with E-state index < -0.39 is 0 Å². The van der Waals surface area contributed by atoms with Crippen molar-refractivity contribution >= 4 is 11.5 Å². The van der Waals surface area contributed by atoms with Gasteiger partial charge in [0, 0.05) is 6.54 Å². The van der Waals surface area contributed by atoms with Crippen LogP contribution in [0, 0.1) is 5.92 Å². The number of hydrogen-bond acceptors (Lipinski definition) is 5. The Morgan fingerprint density at radius 3 is 2.79 bits per heavy atom. The number of nitrogen functional groups attached to an aromatic ring is 1. The van der Waals surface area contributed by atoms with Crippen LogP contribution in [0.4, 0.5) is 5.69 Å². The zero-order chi connectivity index (χ0) is 13.8. The monoisotopic (exact) mass is 259 g/mol. The summed E-state index contributed by atoms with van der Waals surface area (Å²) in [6.45, 7) is 4.93. The highest BCUT2D eigenvalue weighted by Crippen LogP contribution is 2.07. The zero-order valence-electron chi connectivity index (χ0n) is 11.1. The number of hydrogen-bond donors (Lipinski definition) is 1. The van der Waals surface area contributed by atoms with Gasteiger partial charge in [-0.1, -0.05) is 13.8 Å². The lowest BCUT2D eigenvalue weighted by molar-refractivity contribution is 0.0984. The molecule has 0 fully saturated rings. The van der Waals surface area contributed by atoms with E-state index in [1.54, 1.807) is 16.8 Å². The summed E-state index contributed by atoms with van der Waals surface area (Å²) in [7, 11) is 0. The number of nitrogens with zero attached hydrogens (tertiary/aromatic N) is 4. The third-order valence-electron chi connectivity index (χ3n) is 2.62. The first-order chi connectivity index (χ1) is 9.06. The standard InChI is InChI=1S/C13H17N5O/c1-9(2)7-18-13(16-8-17-18)5-12(19)11-4-3-10(14)6-15-11/h3-4,6,8-9H,5,7,14H2,1-2H3. The smallest absolute Gasteiger partial charge is 0.188 e. The molecule has 6 heteroatoms. The van der Waals surface area contributed by atoms with Crippen LogP contribution in [0.2, 0.25) is 0 Å². The van der Waals surface area contributed by atoms with Gasteiger partial charge in [0.05, 0.1) is 18.3 Å². The summed E-state index contributed by atoms with van der Waals surface area (Å²) in [5, 5.41) is 4.13. The molecule has 0 unspecified atom stereocenters. The molecule has 2 N–H and O–H groups in total. The van der Waals surface area contributed by atoms with Crippen LogP contribution < -0.4 is 5.73 Å². The topological polar surface area (TPSA) is 86.7 Å². The molecule has 2 aromatic heterocycles. The van der Waals surface area contributed by atoms with Crippen molar-refractivity contribution in [1.82, 2.24) is 19.7 Å². The lowest BCUT2D eigenvalue weighted by Crippen LogP contribution is -2.15. The fourth-order valence-electron chi connectivity index (χ4n) is 1.73. The van der Waals surface area contributed by atoms with Gasteiger partial charge < -0.3 is 5.73 Å². The third kappa shape index (κ3) is 3.37. The normalized spacial score (nSPS) is 10.9. The zero-order valence-corrected chi connectivity index (χ0v) is 11.1. The minimum atomic E-state index is -0.0852. The first-order valence-corrected chi connectivity index (χ1v) is 6.17. The number of pyridine rings is 1. The Hall–Kier alpha value is -2.24. The summed E-state index contributed by atoms with van der Waals surface area (Å²) in [4.78, 5) is 20.2. The third-order valence-corrected chi connectivity index (χ3v) is 2.62. The summed E-state index contributed by atoms with van der Waals surface area (Å²) < 4.78 is 1.76. The van der Waals surface area contributed by atoms with E-state index in [1.165, 1.54) is 12.5 Å². The predicted octanol–water partition coefficient (Wildman–Crippen LogP) is 1.34. The number of carbonyl (C=O) groups excluding carboxylic acids is 1. The van der Waals surface area contributed by atoms with Crippen LogP contribution in [0.1, 0.15) is 30.2 Å². The number of rotatable bonds is 5. The van der Waals surface area contributed by atoms with Crippen molar-refractivity contribution in [1.29, 1.82) is 0 Å². The van der Waals surface area contributed by atoms with Crippen LogP contribution in [0.3, 0.4) is 0 Å². The van der Waals surface area contributed by atoms with Gasteiger partial charge in [0.15, 0.2) is 5.78 Å². The molecular weight excluding hydrogens is 242 g/mol. The summed E-state index contributed by atoms with van der Waals surface area (Å²) in [6, 6.07) is 3.29. The number of nitrogens with two attached hydrogens (primary N) is 1. The molecule has 2 rings (SSSR count). The molecule has 0 bridgehead atoms. The van der Waals surface area contributed by atoms with E-state index in [4.69, 9.17) is 5.73 Å². The van der Waals surface area contributed by atoms with Gasteiger partial charge >= 0.3 is 0 Å². The average molecular weight is 259 g/mol. The van der Waals surface area contributed by atoms with Crippen molar-refractivity contribution < 1.29 is 4.79 Å². The molecule has 0 amide bonds. The molecule has 0 aliphatic carbocycles. The fraction of sp³-hybridized carbons (Fsp3) is 0.385. The van der Waals surface area contributed by atoms with Gasteiger partial charge in [0.2, 0.25) is 0 Å². The first-order valence-electron chi connectivity index (χ1n) is 6.17. The Kier molecular flexibility index (Phi) is 3.89. The summed E-state index contributed by atoms with van der Waals surface area (Å²) in [5.41, 5.74) is 6.48. The molecule has 6 nitrogen and oxygen atoms in total. The van der Waals surface area contributed by atoms with Gasteiger partial charge in [-0.25, -0.2) is 9.67 Å². The Bertz CT molecular complexity index is 559. The minimum Gasteiger partial charge on any atom is -0.397 e. The van der Waals surface area contributed by atoms with Crippen LogP contribution in [0.25, 0.3) is 0 Å². The van der Waals surface area contributed by atoms with Crippen LogP contribution >= 0.6 is 0 Å². The maximum atomic E-state index is 12.1. The minimum absolute atomic E-state index is 0.0852. The summed E-state index contributed by atoms with van der Waals surface area (Å²) in [5.74, 6) is 1.03. The van der Waals surface area contributed by atoms with Gasteiger partial charge in [-0.2, -0.15) is 5.10 Å². The van der Waals surface area contributed by atoms with Crippen molar-refractivity contribution in [2.75, 3.05) is 5.73 Å². The van der Waals surface area contributed by atoms with Crippen molar-refractivity contribution in [2.24, 2.45) is 5.92 Å². The van der Waals surface area contributed by atoms with Crippen LogP contribution in [-0.4, -0.2) is 25.5 Å². The average Bonchev–Trinajstić information content (AvgIpc) is 2.76. The van der Waals surface area contributed by atoms with E-state index in [-0.39, 0.29) is 12.2 Å². The number of Topliss-reactive ketones (excluding diaryl/α,β-unsaturated/α-hetero) is 1. The van der Waals surface area contributed by atoms with Crippen LogP contribution in [0.5, 0.6) is 0 Å². The van der Waals surface area contributed by atoms with E-state index in [0.717, 1.165) is 6.54 Å². The van der Waals surface area contributed by atoms with Crippen molar-refractivity contribution in [3.05, 3.63) is 36.2 Å². The predicted molar refractivity (Wildman–Crippen MR) is 71.5 cm³/mol. The molecule has 0 aliphatic heterocycles. The molecule has 0 radical (unpaired) electrons. The second kappa shape index (κ2) is 5.60. The number of ketones is 1. The van der Waals surface area contributed by atoms with E-state index in [1.807, 2.05) is 0 Å². The van der Waals surface area contributed by atoms with Gasteiger partial charge in [0.1, 0.15) is 17.8 Å². The molecule has 0 spiro atoms. The highest BCUT2D eigenvalue weighted by atomic mass is 16.1.